The van der Waals surface area contributed by atoms with E-state index in [9.17, 15) is 14.7 Å². The second kappa shape index (κ2) is 11.5. The molecule has 3 aromatic rings. The number of rotatable bonds is 7. The highest BCUT2D eigenvalue weighted by molar-refractivity contribution is 9.10. The van der Waals surface area contributed by atoms with E-state index in [1.165, 1.54) is 23.9 Å². The molecule has 0 spiro atoms. The van der Waals surface area contributed by atoms with Gasteiger partial charge in [-0.05, 0) is 73.3 Å². The maximum Gasteiger partial charge on any atom is 0.335 e. The minimum absolute atomic E-state index is 0.127. The van der Waals surface area contributed by atoms with Gasteiger partial charge in [0.05, 0.1) is 16.2 Å². The Hall–Kier alpha value is -2.78. The van der Waals surface area contributed by atoms with Gasteiger partial charge in [-0.15, -0.1) is 0 Å². The summed E-state index contributed by atoms with van der Waals surface area (Å²) in [6.45, 7) is 2.49. The number of amidine groups is 1. The van der Waals surface area contributed by atoms with Crippen LogP contribution in [0.3, 0.4) is 0 Å². The number of carbonyl (C=O) groups is 2. The van der Waals surface area contributed by atoms with Crippen molar-refractivity contribution in [3.63, 3.8) is 0 Å². The molecule has 10 heteroatoms. The van der Waals surface area contributed by atoms with E-state index in [2.05, 4.69) is 20.9 Å². The fourth-order valence-electron chi connectivity index (χ4n) is 3.39. The second-order valence-electron chi connectivity index (χ2n) is 7.62. The van der Waals surface area contributed by atoms with E-state index in [1.807, 2.05) is 25.1 Å². The fraction of sp³-hybridized carbons (Fsp3) is 0.115. The zero-order valence-electron chi connectivity index (χ0n) is 18.9. The Morgan fingerprint density at radius 2 is 1.97 bits per heavy atom. The van der Waals surface area contributed by atoms with Crippen LogP contribution in [0.2, 0.25) is 10.0 Å². The Kier molecular flexibility index (Phi) is 8.41. The van der Waals surface area contributed by atoms with Crippen LogP contribution >= 0.6 is 50.9 Å². The van der Waals surface area contributed by atoms with Crippen LogP contribution in [0.15, 0.2) is 75.0 Å². The minimum Gasteiger partial charge on any atom is -0.488 e. The molecule has 0 aliphatic carbocycles. The molecule has 0 atom stereocenters. The first-order valence-electron chi connectivity index (χ1n) is 10.7. The Morgan fingerprint density at radius 3 is 2.69 bits per heavy atom. The van der Waals surface area contributed by atoms with Crippen LogP contribution in [-0.4, -0.2) is 33.6 Å². The van der Waals surface area contributed by atoms with Crippen LogP contribution in [0.4, 0.5) is 5.69 Å². The van der Waals surface area contributed by atoms with E-state index in [-0.39, 0.29) is 18.1 Å². The summed E-state index contributed by atoms with van der Waals surface area (Å²) < 4.78 is 6.87. The summed E-state index contributed by atoms with van der Waals surface area (Å²) in [6.07, 6.45) is 1.76. The van der Waals surface area contributed by atoms with E-state index < -0.39 is 5.97 Å². The molecule has 1 N–H and O–H groups in total. The van der Waals surface area contributed by atoms with Crippen molar-refractivity contribution in [2.75, 3.05) is 6.54 Å². The Balaban J connectivity index is 1.63. The number of aromatic carboxylic acids is 1. The molecule has 0 aromatic heterocycles. The summed E-state index contributed by atoms with van der Waals surface area (Å²) in [5.41, 5.74) is 2.07. The lowest BCUT2D eigenvalue weighted by Crippen LogP contribution is -2.28. The van der Waals surface area contributed by atoms with E-state index in [1.54, 1.807) is 41.3 Å². The van der Waals surface area contributed by atoms with Crippen LogP contribution in [0.5, 0.6) is 5.75 Å². The Labute approximate surface area is 230 Å². The van der Waals surface area contributed by atoms with Gasteiger partial charge in [0, 0.05) is 32.2 Å². The zero-order chi connectivity index (χ0) is 25.8. The molecule has 0 saturated carbocycles. The number of thioether (sulfide) groups is 1. The van der Waals surface area contributed by atoms with Gasteiger partial charge in [-0.2, -0.15) is 0 Å². The molecule has 36 heavy (non-hydrogen) atoms. The van der Waals surface area contributed by atoms with Crippen LogP contribution in [0.25, 0.3) is 6.08 Å². The van der Waals surface area contributed by atoms with Crippen molar-refractivity contribution >= 4 is 79.7 Å². The van der Waals surface area contributed by atoms with Gasteiger partial charge < -0.3 is 9.84 Å². The minimum atomic E-state index is -1.04. The molecule has 1 heterocycles. The van der Waals surface area contributed by atoms with Crippen molar-refractivity contribution in [2.45, 2.75) is 13.5 Å². The van der Waals surface area contributed by atoms with E-state index in [0.29, 0.717) is 43.7 Å². The molecule has 3 aromatic carbocycles. The quantitative estimate of drug-likeness (QED) is 0.280. The highest BCUT2D eigenvalue weighted by Crippen LogP contribution is 2.36. The van der Waals surface area contributed by atoms with Gasteiger partial charge in [0.25, 0.3) is 5.91 Å². The molecular weight excluding hydrogens is 587 g/mol. The van der Waals surface area contributed by atoms with Crippen LogP contribution in [-0.2, 0) is 11.4 Å². The molecule has 0 radical (unpaired) electrons. The molecular formula is C26H19BrCl2N2O4S. The first kappa shape index (κ1) is 26.3. The van der Waals surface area contributed by atoms with Crippen molar-refractivity contribution < 1.29 is 19.4 Å². The van der Waals surface area contributed by atoms with Gasteiger partial charge in [-0.1, -0.05) is 51.3 Å². The number of ether oxygens (including phenoxy) is 1. The smallest absolute Gasteiger partial charge is 0.335 e. The summed E-state index contributed by atoms with van der Waals surface area (Å²) in [7, 11) is 0. The molecule has 6 nitrogen and oxygen atoms in total. The van der Waals surface area contributed by atoms with Crippen LogP contribution in [0.1, 0.15) is 28.4 Å². The Bertz CT molecular complexity index is 1410. The third-order valence-corrected chi connectivity index (χ3v) is 7.27. The van der Waals surface area contributed by atoms with E-state index >= 15 is 0 Å². The molecule has 1 aliphatic heterocycles. The van der Waals surface area contributed by atoms with Gasteiger partial charge >= 0.3 is 5.97 Å². The van der Waals surface area contributed by atoms with Gasteiger partial charge in [-0.3, -0.25) is 9.69 Å². The topological polar surface area (TPSA) is 79.2 Å². The summed E-state index contributed by atoms with van der Waals surface area (Å²) in [4.78, 5) is 31.0. The predicted octanol–water partition coefficient (Wildman–Crippen LogP) is 7.66. The molecule has 184 valence electrons. The zero-order valence-corrected chi connectivity index (χ0v) is 22.8. The average molecular weight is 606 g/mol. The van der Waals surface area contributed by atoms with Gasteiger partial charge in [0.1, 0.15) is 12.4 Å². The van der Waals surface area contributed by atoms with E-state index in [0.717, 1.165) is 10.0 Å². The van der Waals surface area contributed by atoms with Crippen LogP contribution in [0, 0.1) is 0 Å². The van der Waals surface area contributed by atoms with Crippen molar-refractivity contribution in [1.29, 1.82) is 0 Å². The number of hydrogen-bond donors (Lipinski definition) is 1. The number of carboxylic acids is 1. The van der Waals surface area contributed by atoms with Gasteiger partial charge in [0.15, 0.2) is 5.17 Å². The summed E-state index contributed by atoms with van der Waals surface area (Å²) >= 11 is 17.0. The lowest BCUT2D eigenvalue weighted by molar-refractivity contribution is -0.122. The second-order valence-corrected chi connectivity index (χ2v) is 10.4. The molecule has 4 rings (SSSR count). The number of hydrogen-bond acceptors (Lipinski definition) is 5. The normalized spacial score (nSPS) is 15.7. The number of halogens is 3. The first-order chi connectivity index (χ1) is 17.2. The van der Waals surface area contributed by atoms with Crippen molar-refractivity contribution in [1.82, 2.24) is 4.90 Å². The standard InChI is InChI=1S/C26H19BrCl2N2O4S/c1-2-31-24(32)23(36-26(31)30-20-5-3-4-15(11-20)25(33)34)12-17-10-18(27)7-9-22(17)35-14-16-6-8-19(28)13-21(16)29/h3-13H,2,14H2,1H3,(H,33,34)/b23-12-,30-26?. The molecule has 1 fully saturated rings. The number of nitrogens with zero attached hydrogens (tertiary/aromatic N) is 2. The predicted molar refractivity (Wildman–Crippen MR) is 148 cm³/mol. The fourth-order valence-corrected chi connectivity index (χ4v) is 5.28. The van der Waals surface area contributed by atoms with E-state index in [4.69, 9.17) is 27.9 Å². The van der Waals surface area contributed by atoms with Gasteiger partial charge in [0.2, 0.25) is 0 Å². The molecule has 1 saturated heterocycles. The van der Waals surface area contributed by atoms with Crippen molar-refractivity contribution in [3.05, 3.63) is 96.8 Å². The maximum atomic E-state index is 13.1. The number of benzene rings is 3. The monoisotopic (exact) mass is 604 g/mol. The highest BCUT2D eigenvalue weighted by atomic mass is 79.9. The summed E-state index contributed by atoms with van der Waals surface area (Å²) in [5.74, 6) is -0.655. The summed E-state index contributed by atoms with van der Waals surface area (Å²) in [5, 5.41) is 10.8. The number of aliphatic imine (C=N–C) groups is 1. The highest BCUT2D eigenvalue weighted by Gasteiger charge is 2.32. The molecule has 0 unspecified atom stereocenters. The van der Waals surface area contributed by atoms with Crippen LogP contribution < -0.4 is 4.74 Å². The molecule has 1 aliphatic rings. The SMILES string of the molecule is CCN1C(=O)/C(=C/c2cc(Br)ccc2OCc2ccc(Cl)cc2Cl)SC1=Nc1cccc(C(=O)O)c1. The largest absolute Gasteiger partial charge is 0.488 e. The number of carboxylic acid groups (broad SMARTS) is 1. The lowest BCUT2D eigenvalue weighted by Gasteiger charge is -2.12. The van der Waals surface area contributed by atoms with Crippen molar-refractivity contribution in [2.24, 2.45) is 4.99 Å². The maximum absolute atomic E-state index is 13.1. The van der Waals surface area contributed by atoms with Gasteiger partial charge in [-0.25, -0.2) is 9.79 Å². The lowest BCUT2D eigenvalue weighted by atomic mass is 10.1. The van der Waals surface area contributed by atoms with Crippen molar-refractivity contribution in [3.8, 4) is 5.75 Å². The third-order valence-electron chi connectivity index (χ3n) is 5.18. The Morgan fingerprint density at radius 1 is 1.17 bits per heavy atom. The average Bonchev–Trinajstić information content (AvgIpc) is 3.13. The molecule has 0 bridgehead atoms. The first-order valence-corrected chi connectivity index (χ1v) is 13.1. The number of likely N-dealkylation sites (N-methyl/N-ethyl adjacent to an activating group) is 1. The molecule has 1 amide bonds. The number of carbonyl (C=O) groups excluding carboxylic acids is 1. The number of amides is 1. The summed E-state index contributed by atoms with van der Waals surface area (Å²) in [6, 6.07) is 17.0. The third kappa shape index (κ3) is 6.13.